The van der Waals surface area contributed by atoms with Gasteiger partial charge in [-0.2, -0.15) is 0 Å². The fourth-order valence-electron chi connectivity index (χ4n) is 1.54. The van der Waals surface area contributed by atoms with Gasteiger partial charge in [0.05, 0.1) is 25.3 Å². The zero-order valence-corrected chi connectivity index (χ0v) is 10.8. The van der Waals surface area contributed by atoms with E-state index in [0.29, 0.717) is 25.3 Å². The summed E-state index contributed by atoms with van der Waals surface area (Å²) >= 11 is 0. The molecule has 1 N–H and O–H groups in total. The van der Waals surface area contributed by atoms with E-state index in [-0.39, 0.29) is 5.91 Å². The van der Waals surface area contributed by atoms with E-state index < -0.39 is 0 Å². The molecule has 0 atom stereocenters. The number of oxazole rings is 1. The summed E-state index contributed by atoms with van der Waals surface area (Å²) in [6.45, 7) is 2.55. The van der Waals surface area contributed by atoms with E-state index in [1.165, 1.54) is 6.39 Å². The highest BCUT2D eigenvalue weighted by atomic mass is 16.5. The Morgan fingerprint density at radius 2 is 2.16 bits per heavy atom. The molecule has 1 amide bonds. The Hall–Kier alpha value is -2.30. The smallest absolute Gasteiger partial charge is 0.223 e. The maximum atomic E-state index is 11.6. The van der Waals surface area contributed by atoms with E-state index >= 15 is 0 Å². The number of aryl methyl sites for hydroxylation is 1. The van der Waals surface area contributed by atoms with Crippen LogP contribution in [0.3, 0.4) is 0 Å². The standard InChI is InChI=1S/C14H16N2O3/c1-11-13(19-10-16-11)9-15-14(17)7-8-18-12-5-3-2-4-6-12/h2-6,10H,7-9H2,1H3,(H,15,17). The molecule has 0 unspecified atom stereocenters. The lowest BCUT2D eigenvalue weighted by Crippen LogP contribution is -2.24. The molecule has 0 aliphatic heterocycles. The summed E-state index contributed by atoms with van der Waals surface area (Å²) in [5.74, 6) is 1.37. The van der Waals surface area contributed by atoms with Gasteiger partial charge < -0.3 is 14.5 Å². The number of hydrogen-bond acceptors (Lipinski definition) is 4. The predicted octanol–water partition coefficient (Wildman–Crippen LogP) is 2.07. The molecule has 2 rings (SSSR count). The molecule has 0 radical (unpaired) electrons. The second-order valence-electron chi connectivity index (χ2n) is 4.05. The Morgan fingerprint density at radius 3 is 2.84 bits per heavy atom. The van der Waals surface area contributed by atoms with Gasteiger partial charge in [0.2, 0.25) is 5.91 Å². The molecular weight excluding hydrogens is 244 g/mol. The third kappa shape index (κ3) is 4.13. The van der Waals surface area contributed by atoms with Gasteiger partial charge in [-0.25, -0.2) is 4.98 Å². The van der Waals surface area contributed by atoms with Gasteiger partial charge in [-0.05, 0) is 19.1 Å². The zero-order chi connectivity index (χ0) is 13.5. The van der Waals surface area contributed by atoms with Crippen LogP contribution in [0.25, 0.3) is 0 Å². The third-order valence-electron chi connectivity index (χ3n) is 2.63. The summed E-state index contributed by atoms with van der Waals surface area (Å²) in [6, 6.07) is 9.41. The molecule has 100 valence electrons. The number of nitrogens with one attached hydrogen (secondary N) is 1. The first-order chi connectivity index (χ1) is 9.25. The van der Waals surface area contributed by atoms with Crippen LogP contribution in [0.15, 0.2) is 41.1 Å². The fourth-order valence-corrected chi connectivity index (χ4v) is 1.54. The van der Waals surface area contributed by atoms with Crippen molar-refractivity contribution in [2.24, 2.45) is 0 Å². The number of hydrogen-bond donors (Lipinski definition) is 1. The molecule has 1 aromatic heterocycles. The molecule has 1 aromatic carbocycles. The van der Waals surface area contributed by atoms with E-state index in [0.717, 1.165) is 11.4 Å². The summed E-state index contributed by atoms with van der Waals surface area (Å²) in [5, 5.41) is 2.76. The van der Waals surface area contributed by atoms with Crippen LogP contribution in [-0.4, -0.2) is 17.5 Å². The Morgan fingerprint density at radius 1 is 1.37 bits per heavy atom. The van der Waals surface area contributed by atoms with E-state index in [1.54, 1.807) is 0 Å². The topological polar surface area (TPSA) is 64.4 Å². The van der Waals surface area contributed by atoms with Gasteiger partial charge in [-0.3, -0.25) is 4.79 Å². The lowest BCUT2D eigenvalue weighted by molar-refractivity contribution is -0.121. The number of benzene rings is 1. The monoisotopic (exact) mass is 260 g/mol. The number of aromatic nitrogens is 1. The van der Waals surface area contributed by atoms with Gasteiger partial charge in [0.1, 0.15) is 11.5 Å². The molecule has 0 bridgehead atoms. The zero-order valence-electron chi connectivity index (χ0n) is 10.8. The lowest BCUT2D eigenvalue weighted by Gasteiger charge is -2.06. The fraction of sp³-hybridized carbons (Fsp3) is 0.286. The first-order valence-electron chi connectivity index (χ1n) is 6.09. The molecule has 19 heavy (non-hydrogen) atoms. The number of ether oxygens (including phenoxy) is 1. The van der Waals surface area contributed by atoms with E-state index in [4.69, 9.17) is 9.15 Å². The molecule has 2 aromatic rings. The Balaban J connectivity index is 1.66. The van der Waals surface area contributed by atoms with Crippen LogP contribution in [-0.2, 0) is 11.3 Å². The molecule has 0 fully saturated rings. The Kier molecular flexibility index (Phi) is 4.55. The van der Waals surface area contributed by atoms with E-state index in [9.17, 15) is 4.79 Å². The minimum atomic E-state index is -0.0771. The van der Waals surface area contributed by atoms with Crippen LogP contribution in [0, 0.1) is 6.92 Å². The number of amides is 1. The minimum absolute atomic E-state index is 0.0771. The summed E-state index contributed by atoms with van der Waals surface area (Å²) in [4.78, 5) is 15.5. The van der Waals surface area contributed by atoms with Crippen LogP contribution >= 0.6 is 0 Å². The summed E-state index contributed by atoms with van der Waals surface area (Å²) in [7, 11) is 0. The molecule has 0 saturated heterocycles. The van der Waals surface area contributed by atoms with Crippen LogP contribution in [0.1, 0.15) is 17.9 Å². The quantitative estimate of drug-likeness (QED) is 0.863. The van der Waals surface area contributed by atoms with Crippen molar-refractivity contribution in [3.05, 3.63) is 48.2 Å². The molecule has 0 aliphatic rings. The van der Waals surface area contributed by atoms with Crippen LogP contribution in [0.2, 0.25) is 0 Å². The van der Waals surface area contributed by atoms with Crippen LogP contribution in [0.5, 0.6) is 5.75 Å². The average molecular weight is 260 g/mol. The van der Waals surface area contributed by atoms with Gasteiger partial charge in [0.15, 0.2) is 6.39 Å². The summed E-state index contributed by atoms with van der Waals surface area (Å²) in [5.41, 5.74) is 0.792. The maximum absolute atomic E-state index is 11.6. The first-order valence-corrected chi connectivity index (χ1v) is 6.09. The van der Waals surface area contributed by atoms with Crippen molar-refractivity contribution >= 4 is 5.91 Å². The SMILES string of the molecule is Cc1ncoc1CNC(=O)CCOc1ccccc1. The minimum Gasteiger partial charge on any atom is -0.493 e. The van der Waals surface area contributed by atoms with Gasteiger partial charge >= 0.3 is 0 Å². The largest absolute Gasteiger partial charge is 0.493 e. The number of para-hydroxylation sites is 1. The van der Waals surface area contributed by atoms with Crippen molar-refractivity contribution in [1.82, 2.24) is 10.3 Å². The van der Waals surface area contributed by atoms with Crippen molar-refractivity contribution in [3.8, 4) is 5.75 Å². The van der Waals surface area contributed by atoms with Crippen LogP contribution in [0.4, 0.5) is 0 Å². The molecule has 1 heterocycles. The predicted molar refractivity (Wildman–Crippen MR) is 69.6 cm³/mol. The molecule has 5 heteroatoms. The van der Waals surface area contributed by atoms with E-state index in [2.05, 4.69) is 10.3 Å². The van der Waals surface area contributed by atoms with Gasteiger partial charge in [0, 0.05) is 0 Å². The highest BCUT2D eigenvalue weighted by Crippen LogP contribution is 2.08. The number of carbonyl (C=O) groups is 1. The second kappa shape index (κ2) is 6.58. The normalized spacial score (nSPS) is 10.2. The van der Waals surface area contributed by atoms with Gasteiger partial charge in [-0.1, -0.05) is 18.2 Å². The average Bonchev–Trinajstić information content (AvgIpc) is 2.83. The number of carbonyl (C=O) groups excluding carboxylic acids is 1. The highest BCUT2D eigenvalue weighted by molar-refractivity contribution is 5.75. The first kappa shape index (κ1) is 13.1. The van der Waals surface area contributed by atoms with Crippen molar-refractivity contribution < 1.29 is 13.9 Å². The lowest BCUT2D eigenvalue weighted by atomic mass is 10.3. The van der Waals surface area contributed by atoms with E-state index in [1.807, 2.05) is 37.3 Å². The molecule has 0 spiro atoms. The van der Waals surface area contributed by atoms with Crippen molar-refractivity contribution in [2.45, 2.75) is 19.9 Å². The van der Waals surface area contributed by atoms with Gasteiger partial charge in [0.25, 0.3) is 0 Å². The highest BCUT2D eigenvalue weighted by Gasteiger charge is 2.06. The van der Waals surface area contributed by atoms with Gasteiger partial charge in [-0.15, -0.1) is 0 Å². The number of rotatable bonds is 6. The van der Waals surface area contributed by atoms with Crippen LogP contribution < -0.4 is 10.1 Å². The maximum Gasteiger partial charge on any atom is 0.223 e. The van der Waals surface area contributed by atoms with Crippen molar-refractivity contribution in [1.29, 1.82) is 0 Å². The third-order valence-corrected chi connectivity index (χ3v) is 2.63. The summed E-state index contributed by atoms with van der Waals surface area (Å²) in [6.07, 6.45) is 1.68. The molecular formula is C14H16N2O3. The van der Waals surface area contributed by atoms with Crippen molar-refractivity contribution in [2.75, 3.05) is 6.61 Å². The number of nitrogens with zero attached hydrogens (tertiary/aromatic N) is 1. The van der Waals surface area contributed by atoms with Crippen molar-refractivity contribution in [3.63, 3.8) is 0 Å². The Bertz CT molecular complexity index is 522. The molecule has 0 aliphatic carbocycles. The molecule has 0 saturated carbocycles. The Labute approximate surface area is 111 Å². The summed E-state index contributed by atoms with van der Waals surface area (Å²) < 4.78 is 10.6. The molecule has 5 nitrogen and oxygen atoms in total. The second-order valence-corrected chi connectivity index (χ2v) is 4.05.